The molecule has 0 saturated heterocycles. The van der Waals surface area contributed by atoms with Crippen molar-refractivity contribution in [3.05, 3.63) is 0 Å². The highest BCUT2D eigenvalue weighted by atomic mass is 16.5. The predicted octanol–water partition coefficient (Wildman–Crippen LogP) is 0.573. The van der Waals surface area contributed by atoms with Crippen molar-refractivity contribution in [3.8, 4) is 6.07 Å². The molecule has 0 aromatic heterocycles. The minimum Gasteiger partial charge on any atom is -0.487 e. The van der Waals surface area contributed by atoms with Crippen LogP contribution in [-0.2, 0) is 4.74 Å². The smallest absolute Gasteiger partial charge is 0.170 e. The van der Waals surface area contributed by atoms with Gasteiger partial charge in [0.05, 0.1) is 13.2 Å². The van der Waals surface area contributed by atoms with Gasteiger partial charge in [0.15, 0.2) is 6.40 Å². The van der Waals surface area contributed by atoms with Crippen molar-refractivity contribution in [2.24, 2.45) is 4.99 Å². The van der Waals surface area contributed by atoms with Crippen molar-refractivity contribution in [1.29, 1.82) is 5.26 Å². The van der Waals surface area contributed by atoms with E-state index in [0.29, 0.717) is 0 Å². The number of hydrogen-bond donors (Lipinski definition) is 0. The molecule has 44 valence electrons. The maximum Gasteiger partial charge on any atom is 0.170 e. The Morgan fingerprint density at radius 1 is 1.88 bits per heavy atom. The van der Waals surface area contributed by atoms with Crippen LogP contribution in [0.3, 0.4) is 0 Å². The summed E-state index contributed by atoms with van der Waals surface area (Å²) < 4.78 is 4.47. The Hall–Kier alpha value is -1.04. The lowest BCUT2D eigenvalue weighted by molar-refractivity contribution is 0.420. The zero-order valence-corrected chi connectivity index (χ0v) is 4.96. The molecule has 0 spiro atoms. The van der Waals surface area contributed by atoms with Gasteiger partial charge in [-0.1, -0.05) is 0 Å². The normalized spacial score (nSPS) is 13.1. The average Bonchev–Trinajstić information content (AvgIpc) is 1.83. The largest absolute Gasteiger partial charge is 0.487 e. The molecule has 0 aliphatic rings. The van der Waals surface area contributed by atoms with Crippen LogP contribution in [0.1, 0.15) is 6.92 Å². The second-order valence-corrected chi connectivity index (χ2v) is 1.30. The summed E-state index contributed by atoms with van der Waals surface area (Å²) in [6, 6.07) is 1.63. The Morgan fingerprint density at radius 2 is 2.50 bits per heavy atom. The zero-order chi connectivity index (χ0) is 6.41. The van der Waals surface area contributed by atoms with Gasteiger partial charge in [-0.2, -0.15) is 5.26 Å². The van der Waals surface area contributed by atoms with Crippen molar-refractivity contribution < 1.29 is 4.74 Å². The number of nitriles is 1. The molecule has 0 N–H and O–H groups in total. The Kier molecular flexibility index (Phi) is 3.59. The first-order valence-corrected chi connectivity index (χ1v) is 2.25. The quantitative estimate of drug-likeness (QED) is 0.387. The van der Waals surface area contributed by atoms with Crippen LogP contribution >= 0.6 is 0 Å². The second-order valence-electron chi connectivity index (χ2n) is 1.30. The number of hydrogen-bond acceptors (Lipinski definition) is 3. The van der Waals surface area contributed by atoms with E-state index < -0.39 is 0 Å². The van der Waals surface area contributed by atoms with Gasteiger partial charge in [-0.3, -0.25) is 0 Å². The number of nitrogens with zero attached hydrogens (tertiary/aromatic N) is 2. The Morgan fingerprint density at radius 3 is 2.88 bits per heavy atom. The molecular weight excluding hydrogens is 104 g/mol. The molecule has 0 fully saturated rings. The molecule has 0 saturated carbocycles. The van der Waals surface area contributed by atoms with E-state index in [0.717, 1.165) is 0 Å². The molecule has 0 aromatic carbocycles. The fourth-order valence-corrected chi connectivity index (χ4v) is 0.185. The van der Waals surface area contributed by atoms with E-state index in [1.807, 2.05) is 6.07 Å². The van der Waals surface area contributed by atoms with Crippen LogP contribution in [-0.4, -0.2) is 19.6 Å². The SMILES string of the molecule is CO/C=N\C(C)C#N. The maximum absolute atomic E-state index is 8.14. The van der Waals surface area contributed by atoms with Crippen LogP contribution in [0.4, 0.5) is 0 Å². The van der Waals surface area contributed by atoms with Gasteiger partial charge in [-0.25, -0.2) is 4.99 Å². The van der Waals surface area contributed by atoms with E-state index in [1.165, 1.54) is 13.5 Å². The van der Waals surface area contributed by atoms with E-state index in [4.69, 9.17) is 5.26 Å². The first-order valence-electron chi connectivity index (χ1n) is 2.25. The zero-order valence-electron chi connectivity index (χ0n) is 4.96. The van der Waals surface area contributed by atoms with Crippen LogP contribution in [0.25, 0.3) is 0 Å². The van der Waals surface area contributed by atoms with Gasteiger partial charge in [0.25, 0.3) is 0 Å². The summed E-state index contributed by atoms with van der Waals surface area (Å²) in [6.45, 7) is 1.69. The van der Waals surface area contributed by atoms with Crippen LogP contribution in [0.15, 0.2) is 4.99 Å². The minimum atomic E-state index is -0.296. The molecule has 0 rings (SSSR count). The van der Waals surface area contributed by atoms with Crippen molar-refractivity contribution in [3.63, 3.8) is 0 Å². The number of ether oxygens (including phenoxy) is 1. The van der Waals surface area contributed by atoms with E-state index >= 15 is 0 Å². The van der Waals surface area contributed by atoms with Gasteiger partial charge in [-0.15, -0.1) is 0 Å². The third-order valence-electron chi connectivity index (χ3n) is 0.577. The molecule has 3 heteroatoms. The summed E-state index contributed by atoms with van der Waals surface area (Å²) in [7, 11) is 1.49. The average molecular weight is 112 g/mol. The summed E-state index contributed by atoms with van der Waals surface area (Å²) in [5.41, 5.74) is 0. The van der Waals surface area contributed by atoms with Crippen LogP contribution in [0, 0.1) is 11.3 Å². The summed E-state index contributed by atoms with van der Waals surface area (Å²) in [4.78, 5) is 3.65. The summed E-state index contributed by atoms with van der Waals surface area (Å²) >= 11 is 0. The van der Waals surface area contributed by atoms with Gasteiger partial charge < -0.3 is 4.74 Å². The van der Waals surface area contributed by atoms with Gasteiger partial charge in [0, 0.05) is 0 Å². The minimum absolute atomic E-state index is 0.296. The molecular formula is C5H8N2O. The van der Waals surface area contributed by atoms with Crippen molar-refractivity contribution in [1.82, 2.24) is 0 Å². The molecule has 0 bridgehead atoms. The van der Waals surface area contributed by atoms with E-state index in [1.54, 1.807) is 6.92 Å². The summed E-state index contributed by atoms with van der Waals surface area (Å²) in [6.07, 6.45) is 1.26. The fourth-order valence-electron chi connectivity index (χ4n) is 0.185. The monoisotopic (exact) mass is 112 g/mol. The molecule has 0 heterocycles. The third-order valence-corrected chi connectivity index (χ3v) is 0.577. The van der Waals surface area contributed by atoms with Crippen molar-refractivity contribution >= 4 is 6.40 Å². The molecule has 0 aliphatic heterocycles. The highest BCUT2D eigenvalue weighted by Crippen LogP contribution is 1.81. The Labute approximate surface area is 48.6 Å². The van der Waals surface area contributed by atoms with E-state index in [9.17, 15) is 0 Å². The topological polar surface area (TPSA) is 45.4 Å². The highest BCUT2D eigenvalue weighted by Gasteiger charge is 1.88. The van der Waals surface area contributed by atoms with Crippen LogP contribution < -0.4 is 0 Å². The first-order chi connectivity index (χ1) is 3.81. The highest BCUT2D eigenvalue weighted by molar-refractivity contribution is 5.46. The van der Waals surface area contributed by atoms with Gasteiger partial charge >= 0.3 is 0 Å². The summed E-state index contributed by atoms with van der Waals surface area (Å²) in [5, 5.41) is 8.14. The van der Waals surface area contributed by atoms with Gasteiger partial charge in [-0.05, 0) is 6.92 Å². The Balaban J connectivity index is 3.40. The van der Waals surface area contributed by atoms with Crippen molar-refractivity contribution in [2.45, 2.75) is 13.0 Å². The first kappa shape index (κ1) is 6.96. The fraction of sp³-hybridized carbons (Fsp3) is 0.600. The maximum atomic E-state index is 8.14. The van der Waals surface area contributed by atoms with Gasteiger partial charge in [0.2, 0.25) is 0 Å². The molecule has 1 atom stereocenters. The van der Waals surface area contributed by atoms with Crippen molar-refractivity contribution in [2.75, 3.05) is 7.11 Å². The lowest BCUT2D eigenvalue weighted by Crippen LogP contribution is -1.92. The van der Waals surface area contributed by atoms with E-state index in [-0.39, 0.29) is 6.04 Å². The van der Waals surface area contributed by atoms with Crippen LogP contribution in [0.5, 0.6) is 0 Å². The standard InChI is InChI=1S/C5H8N2O/c1-5(3-6)7-4-8-2/h4-5H,1-2H3/b7-4-. The number of aliphatic imine (C=N–C) groups is 1. The number of methoxy groups -OCH3 is 1. The Bertz CT molecular complexity index is 114. The lowest BCUT2D eigenvalue weighted by atomic mass is 10.4. The molecule has 1 unspecified atom stereocenters. The third kappa shape index (κ3) is 3.16. The lowest BCUT2D eigenvalue weighted by Gasteiger charge is -1.88. The molecule has 0 amide bonds. The van der Waals surface area contributed by atoms with Gasteiger partial charge in [0.1, 0.15) is 6.04 Å². The van der Waals surface area contributed by atoms with Crippen LogP contribution in [0.2, 0.25) is 0 Å². The molecule has 8 heavy (non-hydrogen) atoms. The second kappa shape index (κ2) is 4.13. The van der Waals surface area contributed by atoms with E-state index in [2.05, 4.69) is 9.73 Å². The molecule has 0 aromatic rings. The molecule has 0 radical (unpaired) electrons. The predicted molar refractivity (Wildman–Crippen MR) is 30.6 cm³/mol. The molecule has 3 nitrogen and oxygen atoms in total. The molecule has 0 aliphatic carbocycles. The number of rotatable bonds is 2. The summed E-state index contributed by atoms with van der Waals surface area (Å²) in [5.74, 6) is 0.